The van der Waals surface area contributed by atoms with Crippen LogP contribution in [0.4, 0.5) is 0 Å². The number of fused-ring (bicyclic) bond motifs is 1. The third-order valence-corrected chi connectivity index (χ3v) is 19.1. The lowest BCUT2D eigenvalue weighted by Crippen LogP contribution is -2.26. The van der Waals surface area contributed by atoms with Gasteiger partial charge in [-0.1, -0.05) is 298 Å². The normalized spacial score (nSPS) is 12.3. The van der Waals surface area contributed by atoms with Crippen LogP contribution in [0.15, 0.2) is 407 Å². The van der Waals surface area contributed by atoms with E-state index in [-0.39, 0.29) is 0 Å². The smallest absolute Gasteiger partial charge is 0.0647 e. The van der Waals surface area contributed by atoms with Crippen LogP contribution in [-0.2, 0) is 5.41 Å². The monoisotopic (exact) mass is 1230 g/mol. The van der Waals surface area contributed by atoms with E-state index < -0.39 is 5.41 Å². The van der Waals surface area contributed by atoms with Gasteiger partial charge < -0.3 is 0 Å². The molecule has 0 fully saturated rings. The second-order valence-corrected chi connectivity index (χ2v) is 25.3. The van der Waals surface area contributed by atoms with Crippen LogP contribution in [-0.4, -0.2) is 0 Å². The highest BCUT2D eigenvalue weighted by atomic mass is 14.4. The molecule has 15 aromatic rings. The highest BCUT2D eigenvalue weighted by molar-refractivity contribution is 5.93. The molecule has 16 rings (SSSR count). The lowest BCUT2D eigenvalue weighted by Gasteiger charge is -2.33. The van der Waals surface area contributed by atoms with Crippen LogP contribution in [0.3, 0.4) is 0 Å². The molecule has 0 saturated heterocycles. The second-order valence-electron chi connectivity index (χ2n) is 25.3. The Kier molecular flexibility index (Phi) is 16.3. The van der Waals surface area contributed by atoms with Crippen molar-refractivity contribution < 1.29 is 0 Å². The second kappa shape index (κ2) is 26.5. The summed E-state index contributed by atoms with van der Waals surface area (Å²) in [6.07, 6.45) is 8.78. The van der Waals surface area contributed by atoms with Gasteiger partial charge in [0.15, 0.2) is 0 Å². The standard InChI is InChI=1S/C97H68/c1-2-3-30-76-67-97(96-48-29-28-47-95(76)96,93-63-89(85-53-77(68-31-12-4-13-32-68)49-78(54-85)69-33-14-5-15-34-69)61-90(64-93)86-55-79(70-35-16-6-17-36-70)50-80(56-86)71-37-18-7-19-38-71)94-65-91(87-57-81(72-39-20-8-21-40-72)51-82(58-87)73-41-22-9-23-42-73)62-92(66-94)88-59-83(74-43-24-10-25-44-74)52-84(60-88)75-45-26-11-27-46-75/h2-67H,1H2. The maximum absolute atomic E-state index is 4.23. The maximum atomic E-state index is 4.23. The van der Waals surface area contributed by atoms with E-state index in [9.17, 15) is 0 Å². The summed E-state index contributed by atoms with van der Waals surface area (Å²) in [6.45, 7) is 4.23. The average molecular weight is 1230 g/mol. The van der Waals surface area contributed by atoms with Gasteiger partial charge in [-0.2, -0.15) is 0 Å². The molecule has 97 heavy (non-hydrogen) atoms. The minimum absolute atomic E-state index is 0.899. The Morgan fingerprint density at radius 1 is 0.196 bits per heavy atom. The summed E-state index contributed by atoms with van der Waals surface area (Å²) in [5.74, 6) is 0. The van der Waals surface area contributed by atoms with Gasteiger partial charge in [-0.25, -0.2) is 0 Å². The average Bonchev–Trinajstić information content (AvgIpc) is 1.61. The Bertz CT molecular complexity index is 4580. The summed E-state index contributed by atoms with van der Waals surface area (Å²) in [6, 6.07) is 139. The SMILES string of the molecule is C=CC=CC1=CC(c2cc(-c3cc(-c4ccccc4)cc(-c4ccccc4)c3)cc(-c3cc(-c4ccccc4)cc(-c4ccccc4)c3)c2)(c2cc(-c3cc(-c4ccccc4)cc(-c4ccccc4)c3)cc(-c3cc(-c4ccccc4)cc(-c4ccccc4)c3)c2)c2ccccc21. The maximum Gasteiger partial charge on any atom is 0.0647 e. The van der Waals surface area contributed by atoms with Crippen LogP contribution in [0.1, 0.15) is 22.3 Å². The van der Waals surface area contributed by atoms with Crippen molar-refractivity contribution in [2.75, 3.05) is 0 Å². The van der Waals surface area contributed by atoms with E-state index in [1.807, 2.05) is 6.08 Å². The molecule has 1 aliphatic carbocycles. The molecule has 0 heteroatoms. The molecule has 0 nitrogen and oxygen atoms in total. The van der Waals surface area contributed by atoms with Crippen molar-refractivity contribution in [1.82, 2.24) is 0 Å². The molecule has 15 aromatic carbocycles. The zero-order valence-corrected chi connectivity index (χ0v) is 53.8. The Morgan fingerprint density at radius 3 is 0.598 bits per heavy atom. The Hall–Kier alpha value is -12.5. The molecule has 0 N–H and O–H groups in total. The number of rotatable bonds is 16. The van der Waals surface area contributed by atoms with Crippen LogP contribution < -0.4 is 0 Å². The predicted molar refractivity (Wildman–Crippen MR) is 412 cm³/mol. The first-order valence-corrected chi connectivity index (χ1v) is 33.4. The molecule has 0 amide bonds. The van der Waals surface area contributed by atoms with Crippen LogP contribution in [0.5, 0.6) is 0 Å². The lowest BCUT2D eigenvalue weighted by atomic mass is 9.69. The first-order chi connectivity index (χ1) is 48.0. The van der Waals surface area contributed by atoms with Gasteiger partial charge in [0.25, 0.3) is 0 Å². The molecule has 456 valence electrons. The van der Waals surface area contributed by atoms with Crippen molar-refractivity contribution in [3.63, 3.8) is 0 Å². The van der Waals surface area contributed by atoms with Crippen LogP contribution in [0.2, 0.25) is 0 Å². The molecular formula is C97H68. The third kappa shape index (κ3) is 12.2. The van der Waals surface area contributed by atoms with E-state index in [1.165, 1.54) is 11.1 Å². The number of allylic oxidation sites excluding steroid dienone is 5. The number of hydrogen-bond donors (Lipinski definition) is 0. The van der Waals surface area contributed by atoms with Crippen LogP contribution in [0, 0.1) is 0 Å². The van der Waals surface area contributed by atoms with Crippen molar-refractivity contribution in [3.8, 4) is 134 Å². The van der Waals surface area contributed by atoms with E-state index in [1.54, 1.807) is 0 Å². The summed E-state index contributed by atoms with van der Waals surface area (Å²) in [4.78, 5) is 0. The molecule has 0 heterocycles. The third-order valence-electron chi connectivity index (χ3n) is 19.1. The van der Waals surface area contributed by atoms with E-state index in [0.717, 1.165) is 150 Å². The number of benzene rings is 15. The summed E-state index contributed by atoms with van der Waals surface area (Å²) in [5, 5.41) is 0. The first kappa shape index (κ1) is 59.5. The Labute approximate surface area is 570 Å². The van der Waals surface area contributed by atoms with Crippen molar-refractivity contribution in [1.29, 1.82) is 0 Å². The van der Waals surface area contributed by atoms with E-state index in [0.29, 0.717) is 0 Å². The van der Waals surface area contributed by atoms with Crippen molar-refractivity contribution in [2.45, 2.75) is 5.41 Å². The minimum atomic E-state index is -0.899. The molecular weight excluding hydrogens is 1170 g/mol. The first-order valence-electron chi connectivity index (χ1n) is 33.4. The van der Waals surface area contributed by atoms with E-state index in [2.05, 4.69) is 401 Å². The van der Waals surface area contributed by atoms with E-state index >= 15 is 0 Å². The largest absolute Gasteiger partial charge is 0.0991 e. The van der Waals surface area contributed by atoms with Gasteiger partial charge in [0.1, 0.15) is 0 Å². The molecule has 0 saturated carbocycles. The molecule has 0 radical (unpaired) electrons. The summed E-state index contributed by atoms with van der Waals surface area (Å²) in [5.41, 5.74) is 32.3. The van der Waals surface area contributed by atoms with Gasteiger partial charge in [0.2, 0.25) is 0 Å². The summed E-state index contributed by atoms with van der Waals surface area (Å²) >= 11 is 0. The van der Waals surface area contributed by atoms with Crippen LogP contribution >= 0.6 is 0 Å². The van der Waals surface area contributed by atoms with Crippen molar-refractivity contribution in [2.24, 2.45) is 0 Å². The van der Waals surface area contributed by atoms with Crippen molar-refractivity contribution in [3.05, 3.63) is 429 Å². The molecule has 0 unspecified atom stereocenters. The number of hydrogen-bond acceptors (Lipinski definition) is 0. The molecule has 1 aliphatic rings. The molecule has 0 aliphatic heterocycles. The van der Waals surface area contributed by atoms with Crippen molar-refractivity contribution >= 4 is 5.57 Å². The van der Waals surface area contributed by atoms with Gasteiger partial charge in [-0.05, 0) is 271 Å². The summed E-state index contributed by atoms with van der Waals surface area (Å²) in [7, 11) is 0. The fraction of sp³-hybridized carbons (Fsp3) is 0.0103. The molecule has 0 spiro atoms. The quantitative estimate of drug-likeness (QED) is 0.0846. The lowest BCUT2D eigenvalue weighted by molar-refractivity contribution is 0.795. The van der Waals surface area contributed by atoms with Gasteiger partial charge in [-0.15, -0.1) is 0 Å². The Balaban J connectivity index is 1.04. The highest BCUT2D eigenvalue weighted by Gasteiger charge is 2.42. The van der Waals surface area contributed by atoms with Crippen LogP contribution in [0.25, 0.3) is 139 Å². The fourth-order valence-electron chi connectivity index (χ4n) is 14.4. The topological polar surface area (TPSA) is 0 Å². The van der Waals surface area contributed by atoms with Gasteiger partial charge in [-0.3, -0.25) is 0 Å². The Morgan fingerprint density at radius 2 is 0.381 bits per heavy atom. The molecule has 0 atom stereocenters. The minimum Gasteiger partial charge on any atom is -0.0991 e. The molecule has 0 aromatic heterocycles. The highest BCUT2D eigenvalue weighted by Crippen LogP contribution is 2.54. The van der Waals surface area contributed by atoms with E-state index in [4.69, 9.17) is 0 Å². The van der Waals surface area contributed by atoms with Gasteiger partial charge in [0.05, 0.1) is 5.41 Å². The molecule has 0 bridgehead atoms. The van der Waals surface area contributed by atoms with Gasteiger partial charge >= 0.3 is 0 Å². The van der Waals surface area contributed by atoms with Gasteiger partial charge in [0, 0.05) is 0 Å². The zero-order valence-electron chi connectivity index (χ0n) is 53.8. The fourth-order valence-corrected chi connectivity index (χ4v) is 14.4. The zero-order chi connectivity index (χ0) is 64.9. The summed E-state index contributed by atoms with van der Waals surface area (Å²) < 4.78 is 0. The predicted octanol–water partition coefficient (Wildman–Crippen LogP) is 26.2.